The minimum atomic E-state index is 0.486. The molecule has 0 bridgehead atoms. The van der Waals surface area contributed by atoms with Crippen LogP contribution in [-0.2, 0) is 0 Å². The lowest BCUT2D eigenvalue weighted by molar-refractivity contribution is 0.255. The lowest BCUT2D eigenvalue weighted by Gasteiger charge is -2.29. The molecule has 1 unspecified atom stereocenters. The first-order chi connectivity index (χ1) is 6.17. The highest BCUT2D eigenvalue weighted by molar-refractivity contribution is 4.76. The van der Waals surface area contributed by atoms with E-state index in [1.165, 1.54) is 25.7 Å². The Kier molecular flexibility index (Phi) is 7.29. The van der Waals surface area contributed by atoms with Gasteiger partial charge in [0.15, 0.2) is 0 Å². The molecular weight excluding hydrogens is 160 g/mol. The summed E-state index contributed by atoms with van der Waals surface area (Å²) in [7, 11) is 0. The van der Waals surface area contributed by atoms with Crippen LogP contribution in [0.3, 0.4) is 0 Å². The minimum Gasteiger partial charge on any atom is -0.271 e. The van der Waals surface area contributed by atoms with E-state index in [0.717, 1.165) is 5.92 Å². The molecule has 0 aliphatic rings. The van der Waals surface area contributed by atoms with E-state index in [2.05, 4.69) is 33.1 Å². The number of rotatable bonds is 7. The van der Waals surface area contributed by atoms with E-state index in [-0.39, 0.29) is 0 Å². The summed E-state index contributed by atoms with van der Waals surface area (Å²) in [5.41, 5.74) is 2.97. The van der Waals surface area contributed by atoms with Crippen LogP contribution in [0.15, 0.2) is 0 Å². The van der Waals surface area contributed by atoms with Crippen molar-refractivity contribution < 1.29 is 0 Å². The smallest absolute Gasteiger partial charge is 0.0261 e. The molecule has 0 fully saturated rings. The Morgan fingerprint density at radius 3 is 1.77 bits per heavy atom. The summed E-state index contributed by atoms with van der Waals surface area (Å²) in [6, 6.07) is 0.486. The van der Waals surface area contributed by atoms with Crippen LogP contribution in [0.5, 0.6) is 0 Å². The van der Waals surface area contributed by atoms with E-state index in [4.69, 9.17) is 5.84 Å². The summed E-state index contributed by atoms with van der Waals surface area (Å²) in [6.45, 7) is 8.97. The molecule has 2 heteroatoms. The highest BCUT2D eigenvalue weighted by Crippen LogP contribution is 2.22. The predicted octanol–water partition coefficient (Wildman–Crippen LogP) is 2.69. The molecule has 0 saturated heterocycles. The monoisotopic (exact) mass is 186 g/mol. The fraction of sp³-hybridized carbons (Fsp3) is 1.00. The second kappa shape index (κ2) is 7.34. The van der Waals surface area contributed by atoms with Crippen LogP contribution >= 0.6 is 0 Å². The van der Waals surface area contributed by atoms with Gasteiger partial charge in [-0.2, -0.15) is 0 Å². The quantitative estimate of drug-likeness (QED) is 0.474. The van der Waals surface area contributed by atoms with Gasteiger partial charge in [0.2, 0.25) is 0 Å². The van der Waals surface area contributed by atoms with Crippen molar-refractivity contribution >= 4 is 0 Å². The fourth-order valence-electron chi connectivity index (χ4n) is 2.12. The van der Waals surface area contributed by atoms with Crippen molar-refractivity contribution in [3.8, 4) is 0 Å². The van der Waals surface area contributed by atoms with Gasteiger partial charge in [-0.15, -0.1) is 0 Å². The Balaban J connectivity index is 4.11. The number of hydrazine groups is 1. The standard InChI is InChI=1S/C11H26N2/c1-5-7-10(8-6-2)11(13-12)9(3)4/h9-11,13H,5-8,12H2,1-4H3. The Morgan fingerprint density at radius 1 is 1.08 bits per heavy atom. The Bertz CT molecular complexity index is 107. The van der Waals surface area contributed by atoms with E-state index < -0.39 is 0 Å². The van der Waals surface area contributed by atoms with E-state index >= 15 is 0 Å². The third kappa shape index (κ3) is 4.63. The molecule has 0 spiro atoms. The van der Waals surface area contributed by atoms with E-state index in [0.29, 0.717) is 12.0 Å². The molecule has 0 rings (SSSR count). The fourth-order valence-corrected chi connectivity index (χ4v) is 2.12. The molecule has 2 nitrogen and oxygen atoms in total. The first kappa shape index (κ1) is 12.9. The van der Waals surface area contributed by atoms with Gasteiger partial charge in [-0.1, -0.05) is 40.5 Å². The lowest BCUT2D eigenvalue weighted by Crippen LogP contribution is -2.44. The molecule has 3 N–H and O–H groups in total. The van der Waals surface area contributed by atoms with Crippen molar-refractivity contribution in [1.29, 1.82) is 0 Å². The normalized spacial score (nSPS) is 14.1. The van der Waals surface area contributed by atoms with Crippen molar-refractivity contribution in [2.75, 3.05) is 0 Å². The van der Waals surface area contributed by atoms with Crippen LogP contribution in [0, 0.1) is 11.8 Å². The zero-order chi connectivity index (χ0) is 10.3. The molecule has 1 atom stereocenters. The number of hydrogen-bond donors (Lipinski definition) is 2. The summed E-state index contributed by atoms with van der Waals surface area (Å²) in [4.78, 5) is 0. The molecule has 0 radical (unpaired) electrons. The summed E-state index contributed by atoms with van der Waals surface area (Å²) < 4.78 is 0. The molecule has 0 aliphatic heterocycles. The Hall–Kier alpha value is -0.0800. The molecule has 0 heterocycles. The van der Waals surface area contributed by atoms with E-state index in [9.17, 15) is 0 Å². The van der Waals surface area contributed by atoms with Crippen LogP contribution in [0.4, 0.5) is 0 Å². The van der Waals surface area contributed by atoms with Crippen molar-refractivity contribution in [2.24, 2.45) is 17.7 Å². The largest absolute Gasteiger partial charge is 0.271 e. The summed E-state index contributed by atoms with van der Waals surface area (Å²) in [6.07, 6.45) is 5.10. The van der Waals surface area contributed by atoms with Crippen LogP contribution in [-0.4, -0.2) is 6.04 Å². The maximum atomic E-state index is 5.59. The maximum absolute atomic E-state index is 5.59. The lowest BCUT2D eigenvalue weighted by atomic mass is 9.85. The van der Waals surface area contributed by atoms with Gasteiger partial charge in [0.1, 0.15) is 0 Å². The molecule has 13 heavy (non-hydrogen) atoms. The van der Waals surface area contributed by atoms with Crippen molar-refractivity contribution in [2.45, 2.75) is 59.4 Å². The molecule has 0 aliphatic carbocycles. The molecule has 0 aromatic rings. The summed E-state index contributed by atoms with van der Waals surface area (Å²) >= 11 is 0. The average molecular weight is 186 g/mol. The van der Waals surface area contributed by atoms with Crippen LogP contribution in [0.2, 0.25) is 0 Å². The first-order valence-electron chi connectivity index (χ1n) is 5.63. The third-order valence-electron chi connectivity index (χ3n) is 2.74. The average Bonchev–Trinajstić information content (AvgIpc) is 2.05. The van der Waals surface area contributed by atoms with Crippen LogP contribution < -0.4 is 11.3 Å². The van der Waals surface area contributed by atoms with Crippen LogP contribution in [0.1, 0.15) is 53.4 Å². The van der Waals surface area contributed by atoms with Crippen LogP contribution in [0.25, 0.3) is 0 Å². The van der Waals surface area contributed by atoms with E-state index in [1.807, 2.05) is 0 Å². The van der Waals surface area contributed by atoms with Gasteiger partial charge in [0.05, 0.1) is 0 Å². The van der Waals surface area contributed by atoms with Gasteiger partial charge in [-0.3, -0.25) is 11.3 Å². The number of nitrogens with one attached hydrogen (secondary N) is 1. The SMILES string of the molecule is CCCC(CCC)C(NN)C(C)C. The Morgan fingerprint density at radius 2 is 1.54 bits per heavy atom. The highest BCUT2D eigenvalue weighted by Gasteiger charge is 2.21. The molecule has 80 valence electrons. The van der Waals surface area contributed by atoms with Gasteiger partial charge in [0, 0.05) is 6.04 Å². The maximum Gasteiger partial charge on any atom is 0.0261 e. The molecule has 0 saturated carbocycles. The van der Waals surface area contributed by atoms with Gasteiger partial charge in [0.25, 0.3) is 0 Å². The first-order valence-corrected chi connectivity index (χ1v) is 5.63. The zero-order valence-corrected chi connectivity index (χ0v) is 9.64. The minimum absolute atomic E-state index is 0.486. The van der Waals surface area contributed by atoms with Gasteiger partial charge in [-0.05, 0) is 24.7 Å². The molecular formula is C11H26N2. The summed E-state index contributed by atoms with van der Waals surface area (Å²) in [5, 5.41) is 0. The number of nitrogens with two attached hydrogens (primary N) is 1. The third-order valence-corrected chi connectivity index (χ3v) is 2.74. The zero-order valence-electron chi connectivity index (χ0n) is 9.64. The van der Waals surface area contributed by atoms with E-state index in [1.54, 1.807) is 0 Å². The highest BCUT2D eigenvalue weighted by atomic mass is 15.2. The second-order valence-electron chi connectivity index (χ2n) is 4.27. The predicted molar refractivity (Wildman–Crippen MR) is 59.3 cm³/mol. The van der Waals surface area contributed by atoms with Gasteiger partial charge in [-0.25, -0.2) is 0 Å². The molecule has 0 aromatic carbocycles. The Labute approximate surface area is 83.2 Å². The molecule has 0 amide bonds. The van der Waals surface area contributed by atoms with Gasteiger partial charge >= 0.3 is 0 Å². The number of hydrogen-bond acceptors (Lipinski definition) is 2. The topological polar surface area (TPSA) is 38.0 Å². The second-order valence-corrected chi connectivity index (χ2v) is 4.27. The van der Waals surface area contributed by atoms with Crippen molar-refractivity contribution in [1.82, 2.24) is 5.43 Å². The summed E-state index contributed by atoms with van der Waals surface area (Å²) in [5.74, 6) is 6.97. The van der Waals surface area contributed by atoms with Gasteiger partial charge < -0.3 is 0 Å². The van der Waals surface area contributed by atoms with Crippen molar-refractivity contribution in [3.63, 3.8) is 0 Å². The van der Waals surface area contributed by atoms with Crippen molar-refractivity contribution in [3.05, 3.63) is 0 Å². The molecule has 0 aromatic heterocycles.